The number of hydrogen-bond acceptors (Lipinski definition) is 6. The van der Waals surface area contributed by atoms with Crippen LogP contribution in [0.15, 0.2) is 72.9 Å². The van der Waals surface area contributed by atoms with Crippen LogP contribution in [0.4, 0.5) is 0 Å². The van der Waals surface area contributed by atoms with Crippen LogP contribution in [0.1, 0.15) is 310 Å². The summed E-state index contributed by atoms with van der Waals surface area (Å²) in [7, 11) is 0. The highest BCUT2D eigenvalue weighted by atomic mass is 16.6. The Bertz CT molecular complexity index is 1340. The fourth-order valence-corrected chi connectivity index (χ4v) is 8.75. The van der Waals surface area contributed by atoms with E-state index >= 15 is 0 Å². The van der Waals surface area contributed by atoms with Crippen LogP contribution in [-0.2, 0) is 28.6 Å². The standard InChI is InChI=1S/C66H116O6/c1-4-7-10-13-16-18-20-22-24-26-28-30-31-32-33-34-35-37-38-40-42-44-46-48-50-53-56-59-65(68)71-62-63(61-70-64(67)58-55-52-15-12-9-6-3)72-66(69)60-57-54-51-49-47-45-43-41-39-36-29-27-25-23-21-19-17-14-11-8-5-2/h20-23,26-29,31-32,39,41,63H,4-19,24-25,30,33-38,40,42-62H2,1-3H3/b22-20-,23-21-,28-26-,29-27-,32-31-,41-39-. The average Bonchev–Trinajstić information content (AvgIpc) is 3.38. The van der Waals surface area contributed by atoms with Gasteiger partial charge in [0.25, 0.3) is 0 Å². The molecule has 0 aliphatic heterocycles. The molecule has 1 atom stereocenters. The Morgan fingerprint density at radius 3 is 0.778 bits per heavy atom. The SMILES string of the molecule is CCCCCCC/C=C\C/C=C\C/C=C\CCCCCCCCCCCCCCC(=O)OCC(COC(=O)CCCCCCCC)OC(=O)CCCCCCCC/C=C\C/C=C\C/C=C\CCCCCCC. The van der Waals surface area contributed by atoms with Gasteiger partial charge in [-0.2, -0.15) is 0 Å². The Hall–Kier alpha value is -3.15. The number of ether oxygens (including phenoxy) is 3. The number of unbranched alkanes of at least 4 members (excludes halogenated alkanes) is 33. The van der Waals surface area contributed by atoms with Gasteiger partial charge in [-0.15, -0.1) is 0 Å². The van der Waals surface area contributed by atoms with Crippen molar-refractivity contribution in [3.8, 4) is 0 Å². The Labute approximate surface area is 446 Å². The summed E-state index contributed by atoms with van der Waals surface area (Å²) in [6.07, 6.45) is 77.9. The van der Waals surface area contributed by atoms with E-state index in [1.165, 1.54) is 173 Å². The summed E-state index contributed by atoms with van der Waals surface area (Å²) in [6.45, 7) is 6.57. The number of rotatable bonds is 56. The third-order valence-corrected chi connectivity index (χ3v) is 13.4. The topological polar surface area (TPSA) is 78.9 Å². The van der Waals surface area contributed by atoms with Crippen molar-refractivity contribution in [2.75, 3.05) is 13.2 Å². The van der Waals surface area contributed by atoms with Crippen molar-refractivity contribution in [3.05, 3.63) is 72.9 Å². The first-order valence-electron chi connectivity index (χ1n) is 30.9. The highest BCUT2D eigenvalue weighted by Crippen LogP contribution is 2.16. The Kier molecular flexibility index (Phi) is 57.8. The highest BCUT2D eigenvalue weighted by Gasteiger charge is 2.19. The van der Waals surface area contributed by atoms with Crippen LogP contribution in [0.3, 0.4) is 0 Å². The first-order valence-corrected chi connectivity index (χ1v) is 30.9. The molecule has 0 aromatic rings. The maximum absolute atomic E-state index is 12.8. The minimum absolute atomic E-state index is 0.0804. The minimum Gasteiger partial charge on any atom is -0.462 e. The summed E-state index contributed by atoms with van der Waals surface area (Å²) in [5.41, 5.74) is 0. The molecule has 0 amide bonds. The van der Waals surface area contributed by atoms with Gasteiger partial charge in [-0.05, 0) is 96.3 Å². The van der Waals surface area contributed by atoms with Crippen LogP contribution in [0.2, 0.25) is 0 Å². The van der Waals surface area contributed by atoms with Crippen molar-refractivity contribution in [1.82, 2.24) is 0 Å². The Morgan fingerprint density at radius 1 is 0.278 bits per heavy atom. The summed E-state index contributed by atoms with van der Waals surface area (Å²) in [4.78, 5) is 38.0. The lowest BCUT2D eigenvalue weighted by Crippen LogP contribution is -2.30. The van der Waals surface area contributed by atoms with E-state index in [2.05, 4.69) is 93.7 Å². The Balaban J connectivity index is 4.12. The molecule has 0 aliphatic rings. The summed E-state index contributed by atoms with van der Waals surface area (Å²) in [5, 5.41) is 0. The predicted octanol–water partition coefficient (Wildman–Crippen LogP) is 20.9. The van der Waals surface area contributed by atoms with E-state index in [0.717, 1.165) is 96.3 Å². The summed E-state index contributed by atoms with van der Waals surface area (Å²) >= 11 is 0. The molecule has 0 rings (SSSR count). The maximum atomic E-state index is 12.8. The van der Waals surface area contributed by atoms with Gasteiger partial charge in [0.2, 0.25) is 0 Å². The zero-order valence-corrected chi connectivity index (χ0v) is 47.7. The fourth-order valence-electron chi connectivity index (χ4n) is 8.75. The van der Waals surface area contributed by atoms with Gasteiger partial charge in [-0.3, -0.25) is 14.4 Å². The van der Waals surface area contributed by atoms with Gasteiger partial charge in [0.05, 0.1) is 0 Å². The predicted molar refractivity (Wildman–Crippen MR) is 311 cm³/mol. The number of carbonyl (C=O) groups is 3. The Morgan fingerprint density at radius 2 is 0.500 bits per heavy atom. The van der Waals surface area contributed by atoms with Crippen molar-refractivity contribution >= 4 is 17.9 Å². The molecule has 72 heavy (non-hydrogen) atoms. The van der Waals surface area contributed by atoms with Crippen LogP contribution in [0, 0.1) is 0 Å². The van der Waals surface area contributed by atoms with Crippen molar-refractivity contribution in [1.29, 1.82) is 0 Å². The number of esters is 3. The second kappa shape index (κ2) is 60.4. The molecule has 0 saturated carbocycles. The zero-order chi connectivity index (χ0) is 52.2. The third-order valence-electron chi connectivity index (χ3n) is 13.4. The largest absolute Gasteiger partial charge is 0.462 e. The molecular weight excluding hydrogens is 889 g/mol. The number of hydrogen-bond donors (Lipinski definition) is 0. The molecule has 0 N–H and O–H groups in total. The molecule has 416 valence electrons. The van der Waals surface area contributed by atoms with Crippen LogP contribution in [-0.4, -0.2) is 37.2 Å². The van der Waals surface area contributed by atoms with Crippen molar-refractivity contribution in [3.63, 3.8) is 0 Å². The van der Waals surface area contributed by atoms with Crippen LogP contribution >= 0.6 is 0 Å². The van der Waals surface area contributed by atoms with E-state index in [1.807, 2.05) is 0 Å². The summed E-state index contributed by atoms with van der Waals surface area (Å²) in [5.74, 6) is -0.895. The van der Waals surface area contributed by atoms with E-state index in [1.54, 1.807) is 0 Å². The highest BCUT2D eigenvalue weighted by molar-refractivity contribution is 5.71. The van der Waals surface area contributed by atoms with Gasteiger partial charge >= 0.3 is 17.9 Å². The smallest absolute Gasteiger partial charge is 0.306 e. The van der Waals surface area contributed by atoms with Crippen LogP contribution in [0.25, 0.3) is 0 Å². The molecule has 0 aliphatic carbocycles. The molecule has 0 aromatic heterocycles. The molecule has 0 radical (unpaired) electrons. The van der Waals surface area contributed by atoms with E-state index in [-0.39, 0.29) is 31.1 Å². The van der Waals surface area contributed by atoms with Crippen molar-refractivity contribution < 1.29 is 28.6 Å². The lowest BCUT2D eigenvalue weighted by molar-refractivity contribution is -0.167. The minimum atomic E-state index is -0.780. The lowest BCUT2D eigenvalue weighted by Gasteiger charge is -2.18. The lowest BCUT2D eigenvalue weighted by atomic mass is 10.0. The van der Waals surface area contributed by atoms with Crippen molar-refractivity contribution in [2.45, 2.75) is 316 Å². The normalized spacial score (nSPS) is 12.5. The molecule has 6 nitrogen and oxygen atoms in total. The molecule has 6 heteroatoms. The van der Waals surface area contributed by atoms with Gasteiger partial charge in [-0.25, -0.2) is 0 Å². The molecular formula is C66H116O6. The second-order valence-corrected chi connectivity index (χ2v) is 20.6. The number of carbonyl (C=O) groups excluding carboxylic acids is 3. The summed E-state index contributed by atoms with van der Waals surface area (Å²) in [6, 6.07) is 0. The average molecular weight is 1010 g/mol. The molecule has 0 heterocycles. The molecule has 0 fully saturated rings. The first kappa shape index (κ1) is 68.8. The second-order valence-electron chi connectivity index (χ2n) is 20.6. The van der Waals surface area contributed by atoms with E-state index in [0.29, 0.717) is 19.3 Å². The molecule has 0 aromatic carbocycles. The van der Waals surface area contributed by atoms with Crippen LogP contribution in [0.5, 0.6) is 0 Å². The number of allylic oxidation sites excluding steroid dienone is 12. The van der Waals surface area contributed by atoms with Gasteiger partial charge < -0.3 is 14.2 Å². The third kappa shape index (κ3) is 57.7. The van der Waals surface area contributed by atoms with Crippen molar-refractivity contribution in [2.24, 2.45) is 0 Å². The molecule has 0 spiro atoms. The molecule has 1 unspecified atom stereocenters. The first-order chi connectivity index (χ1) is 35.5. The summed E-state index contributed by atoms with van der Waals surface area (Å²) < 4.78 is 16.8. The van der Waals surface area contributed by atoms with Gasteiger partial charge in [0, 0.05) is 19.3 Å². The zero-order valence-electron chi connectivity index (χ0n) is 47.7. The molecule has 0 saturated heterocycles. The van der Waals surface area contributed by atoms with Gasteiger partial charge in [0.15, 0.2) is 6.10 Å². The fraction of sp³-hybridized carbons (Fsp3) is 0.773. The maximum Gasteiger partial charge on any atom is 0.306 e. The van der Waals surface area contributed by atoms with E-state index in [4.69, 9.17) is 14.2 Å². The monoisotopic (exact) mass is 1000 g/mol. The van der Waals surface area contributed by atoms with E-state index < -0.39 is 6.10 Å². The molecule has 0 bridgehead atoms. The van der Waals surface area contributed by atoms with Gasteiger partial charge in [-0.1, -0.05) is 267 Å². The van der Waals surface area contributed by atoms with Gasteiger partial charge in [0.1, 0.15) is 13.2 Å². The quantitative estimate of drug-likeness (QED) is 0.0261. The van der Waals surface area contributed by atoms with Crippen LogP contribution < -0.4 is 0 Å². The van der Waals surface area contributed by atoms with E-state index in [9.17, 15) is 14.4 Å².